The number of hydrogen-bond donors (Lipinski definition) is 1. The SMILES string of the molecule is CNC(=O)C1(n2cccn2)CCCN(CC2CCCCC2)C1. The summed E-state index contributed by atoms with van der Waals surface area (Å²) in [4.78, 5) is 15.1. The molecule has 1 aliphatic heterocycles. The molecule has 5 heteroatoms. The Labute approximate surface area is 133 Å². The van der Waals surface area contributed by atoms with Gasteiger partial charge in [-0.15, -0.1) is 0 Å². The van der Waals surface area contributed by atoms with Crippen LogP contribution >= 0.6 is 0 Å². The molecule has 1 aliphatic carbocycles. The van der Waals surface area contributed by atoms with E-state index in [2.05, 4.69) is 15.3 Å². The van der Waals surface area contributed by atoms with Gasteiger partial charge in [-0.1, -0.05) is 19.3 Å². The number of nitrogens with one attached hydrogen (secondary N) is 1. The molecule has 2 fully saturated rings. The van der Waals surface area contributed by atoms with Gasteiger partial charge in [-0.05, 0) is 44.2 Å². The van der Waals surface area contributed by atoms with Crippen molar-refractivity contribution in [1.29, 1.82) is 0 Å². The van der Waals surface area contributed by atoms with Crippen molar-refractivity contribution in [1.82, 2.24) is 20.0 Å². The first kappa shape index (κ1) is 15.5. The largest absolute Gasteiger partial charge is 0.357 e. The van der Waals surface area contributed by atoms with Crippen LogP contribution < -0.4 is 5.32 Å². The van der Waals surface area contributed by atoms with Gasteiger partial charge < -0.3 is 10.2 Å². The van der Waals surface area contributed by atoms with E-state index < -0.39 is 5.54 Å². The quantitative estimate of drug-likeness (QED) is 0.925. The molecular weight excluding hydrogens is 276 g/mol. The number of likely N-dealkylation sites (tertiary alicyclic amines) is 1. The fourth-order valence-electron chi connectivity index (χ4n) is 4.24. The van der Waals surface area contributed by atoms with Crippen molar-refractivity contribution in [2.24, 2.45) is 5.92 Å². The highest BCUT2D eigenvalue weighted by atomic mass is 16.2. The maximum Gasteiger partial charge on any atom is 0.249 e. The highest BCUT2D eigenvalue weighted by molar-refractivity contribution is 5.84. The number of piperidine rings is 1. The second-order valence-corrected chi connectivity index (χ2v) is 6.90. The molecule has 1 N–H and O–H groups in total. The standard InChI is InChI=1S/C17H28N4O/c1-18-16(22)17(21-12-6-10-19-21)9-5-11-20(14-17)13-15-7-3-2-4-8-15/h6,10,12,15H,2-5,7-9,11,13-14H2,1H3,(H,18,22). The summed E-state index contributed by atoms with van der Waals surface area (Å²) >= 11 is 0. The lowest BCUT2D eigenvalue weighted by molar-refractivity contribution is -0.133. The van der Waals surface area contributed by atoms with Crippen molar-refractivity contribution in [3.8, 4) is 0 Å². The number of aromatic nitrogens is 2. The van der Waals surface area contributed by atoms with Crippen molar-refractivity contribution >= 4 is 5.91 Å². The summed E-state index contributed by atoms with van der Waals surface area (Å²) in [6.07, 6.45) is 12.5. The summed E-state index contributed by atoms with van der Waals surface area (Å²) < 4.78 is 1.87. The molecule has 122 valence electrons. The zero-order chi connectivity index (χ0) is 15.4. The smallest absolute Gasteiger partial charge is 0.249 e. The van der Waals surface area contributed by atoms with Crippen LogP contribution in [-0.2, 0) is 10.3 Å². The van der Waals surface area contributed by atoms with Gasteiger partial charge in [-0.25, -0.2) is 0 Å². The van der Waals surface area contributed by atoms with E-state index in [0.29, 0.717) is 0 Å². The Bertz CT molecular complexity index is 481. The van der Waals surface area contributed by atoms with Gasteiger partial charge in [0, 0.05) is 32.5 Å². The molecule has 2 heterocycles. The number of rotatable bonds is 4. The molecule has 0 bridgehead atoms. The Balaban J connectivity index is 1.74. The lowest BCUT2D eigenvalue weighted by Crippen LogP contribution is -2.58. The summed E-state index contributed by atoms with van der Waals surface area (Å²) in [6, 6.07) is 1.91. The first-order valence-electron chi connectivity index (χ1n) is 8.69. The normalized spacial score (nSPS) is 27.7. The lowest BCUT2D eigenvalue weighted by Gasteiger charge is -2.43. The maximum atomic E-state index is 12.6. The van der Waals surface area contributed by atoms with Gasteiger partial charge in [0.25, 0.3) is 0 Å². The Kier molecular flexibility index (Phi) is 4.81. The fourth-order valence-corrected chi connectivity index (χ4v) is 4.24. The first-order chi connectivity index (χ1) is 10.7. The predicted molar refractivity (Wildman–Crippen MR) is 86.5 cm³/mol. The van der Waals surface area contributed by atoms with Crippen molar-refractivity contribution in [3.05, 3.63) is 18.5 Å². The summed E-state index contributed by atoms with van der Waals surface area (Å²) in [5, 5.41) is 7.25. The summed E-state index contributed by atoms with van der Waals surface area (Å²) in [7, 11) is 1.73. The lowest BCUT2D eigenvalue weighted by atomic mass is 9.85. The number of carbonyl (C=O) groups is 1. The monoisotopic (exact) mass is 304 g/mol. The molecular formula is C17H28N4O. The van der Waals surface area contributed by atoms with E-state index in [1.54, 1.807) is 13.2 Å². The first-order valence-corrected chi connectivity index (χ1v) is 8.69. The molecule has 22 heavy (non-hydrogen) atoms. The van der Waals surface area contributed by atoms with Crippen LogP contribution in [0.5, 0.6) is 0 Å². The molecule has 1 saturated carbocycles. The van der Waals surface area contributed by atoms with Gasteiger partial charge >= 0.3 is 0 Å². The molecule has 1 atom stereocenters. The minimum atomic E-state index is -0.537. The zero-order valence-corrected chi connectivity index (χ0v) is 13.6. The Morgan fingerprint density at radius 1 is 1.32 bits per heavy atom. The van der Waals surface area contributed by atoms with Gasteiger partial charge in [-0.2, -0.15) is 5.10 Å². The third-order valence-corrected chi connectivity index (χ3v) is 5.38. The molecule has 1 amide bonds. The maximum absolute atomic E-state index is 12.6. The Morgan fingerprint density at radius 3 is 2.82 bits per heavy atom. The average molecular weight is 304 g/mol. The van der Waals surface area contributed by atoms with Crippen molar-refractivity contribution < 1.29 is 4.79 Å². The van der Waals surface area contributed by atoms with Crippen LogP contribution in [0.1, 0.15) is 44.9 Å². The molecule has 3 rings (SSSR count). The summed E-state index contributed by atoms with van der Waals surface area (Å²) in [5.74, 6) is 0.899. The van der Waals surface area contributed by atoms with Gasteiger partial charge in [0.2, 0.25) is 5.91 Å². The summed E-state index contributed by atoms with van der Waals surface area (Å²) in [5.41, 5.74) is -0.537. The minimum Gasteiger partial charge on any atom is -0.357 e. The molecule has 1 aromatic rings. The molecule has 0 radical (unpaired) electrons. The van der Waals surface area contributed by atoms with Gasteiger partial charge in [0.05, 0.1) is 0 Å². The number of likely N-dealkylation sites (N-methyl/N-ethyl adjacent to an activating group) is 1. The van der Waals surface area contributed by atoms with Crippen molar-refractivity contribution in [2.45, 2.75) is 50.5 Å². The number of hydrogen-bond acceptors (Lipinski definition) is 3. The number of amides is 1. The topological polar surface area (TPSA) is 50.2 Å². The molecule has 0 spiro atoms. The third kappa shape index (κ3) is 3.05. The van der Waals surface area contributed by atoms with E-state index in [9.17, 15) is 4.79 Å². The fraction of sp³-hybridized carbons (Fsp3) is 0.765. The zero-order valence-electron chi connectivity index (χ0n) is 13.6. The van der Waals surface area contributed by atoms with Crippen LogP contribution in [0.3, 0.4) is 0 Å². The van der Waals surface area contributed by atoms with E-state index in [-0.39, 0.29) is 5.91 Å². The van der Waals surface area contributed by atoms with E-state index in [1.165, 1.54) is 32.1 Å². The minimum absolute atomic E-state index is 0.0875. The van der Waals surface area contributed by atoms with Crippen molar-refractivity contribution in [2.75, 3.05) is 26.7 Å². The molecule has 5 nitrogen and oxygen atoms in total. The van der Waals surface area contributed by atoms with Crippen LogP contribution in [0.15, 0.2) is 18.5 Å². The van der Waals surface area contributed by atoms with E-state index in [0.717, 1.165) is 38.4 Å². The van der Waals surface area contributed by atoms with Gasteiger partial charge in [0.15, 0.2) is 5.54 Å². The second kappa shape index (κ2) is 6.82. The van der Waals surface area contributed by atoms with Gasteiger partial charge in [-0.3, -0.25) is 9.48 Å². The van der Waals surface area contributed by atoms with E-state index in [4.69, 9.17) is 0 Å². The van der Waals surface area contributed by atoms with Crippen LogP contribution in [0.4, 0.5) is 0 Å². The van der Waals surface area contributed by atoms with Crippen LogP contribution in [-0.4, -0.2) is 47.3 Å². The van der Waals surface area contributed by atoms with E-state index in [1.807, 2.05) is 16.9 Å². The molecule has 0 aromatic carbocycles. The third-order valence-electron chi connectivity index (χ3n) is 5.38. The van der Waals surface area contributed by atoms with Crippen LogP contribution in [0.2, 0.25) is 0 Å². The molecule has 1 unspecified atom stereocenters. The Hall–Kier alpha value is -1.36. The summed E-state index contributed by atoms with van der Waals surface area (Å²) in [6.45, 7) is 3.03. The highest BCUT2D eigenvalue weighted by Crippen LogP contribution is 2.31. The molecule has 2 aliphatic rings. The Morgan fingerprint density at radius 2 is 2.14 bits per heavy atom. The van der Waals surface area contributed by atoms with Crippen LogP contribution in [0, 0.1) is 5.92 Å². The van der Waals surface area contributed by atoms with Crippen molar-refractivity contribution in [3.63, 3.8) is 0 Å². The molecule has 1 saturated heterocycles. The van der Waals surface area contributed by atoms with Crippen LogP contribution in [0.25, 0.3) is 0 Å². The van der Waals surface area contributed by atoms with E-state index >= 15 is 0 Å². The highest BCUT2D eigenvalue weighted by Gasteiger charge is 2.44. The van der Waals surface area contributed by atoms with Gasteiger partial charge in [0.1, 0.15) is 0 Å². The number of carbonyl (C=O) groups excluding carboxylic acids is 1. The number of nitrogens with zero attached hydrogens (tertiary/aromatic N) is 3. The predicted octanol–water partition coefficient (Wildman–Crippen LogP) is 2.00. The average Bonchev–Trinajstić information content (AvgIpc) is 3.10. The second-order valence-electron chi connectivity index (χ2n) is 6.90. The molecule has 1 aromatic heterocycles.